The highest BCUT2D eigenvalue weighted by Gasteiger charge is 2.30. The van der Waals surface area contributed by atoms with E-state index in [1.165, 1.54) is 6.42 Å². The number of nitrogens with one attached hydrogen (secondary N) is 1. The maximum Gasteiger partial charge on any atom is 0.410 e. The maximum absolute atomic E-state index is 12.0. The number of piperidine rings is 1. The molecule has 1 heterocycles. The van der Waals surface area contributed by atoms with Gasteiger partial charge in [-0.1, -0.05) is 6.92 Å². The fraction of sp³-hybridized carbons (Fsp3) is 0.929. The topological polar surface area (TPSA) is 41.6 Å². The number of hydrogen-bond acceptors (Lipinski definition) is 3. The SMILES string of the molecule is CC[C@@H](NC)[C@@H]1CCCN(C(=O)OC(C)(C)C)C1. The van der Waals surface area contributed by atoms with Crippen molar-refractivity contribution in [3.63, 3.8) is 0 Å². The molecule has 0 aromatic carbocycles. The fourth-order valence-corrected chi connectivity index (χ4v) is 2.60. The molecule has 0 saturated carbocycles. The molecular formula is C14H28N2O2. The van der Waals surface area contributed by atoms with Crippen LogP contribution in [0.5, 0.6) is 0 Å². The predicted octanol–water partition coefficient (Wildman–Crippen LogP) is 2.63. The van der Waals surface area contributed by atoms with Gasteiger partial charge in [0, 0.05) is 19.1 Å². The Kier molecular flexibility index (Phi) is 5.45. The van der Waals surface area contributed by atoms with Crippen molar-refractivity contribution in [3.05, 3.63) is 0 Å². The summed E-state index contributed by atoms with van der Waals surface area (Å²) in [7, 11) is 2.00. The predicted molar refractivity (Wildman–Crippen MR) is 73.7 cm³/mol. The molecule has 0 radical (unpaired) electrons. The van der Waals surface area contributed by atoms with Crippen LogP contribution in [0.4, 0.5) is 4.79 Å². The Hall–Kier alpha value is -0.770. The van der Waals surface area contributed by atoms with E-state index in [0.717, 1.165) is 25.9 Å². The molecular weight excluding hydrogens is 228 g/mol. The normalized spacial score (nSPS) is 22.7. The maximum atomic E-state index is 12.0. The first-order valence-corrected chi connectivity index (χ1v) is 7.02. The van der Waals surface area contributed by atoms with Crippen molar-refractivity contribution in [3.8, 4) is 0 Å². The van der Waals surface area contributed by atoms with E-state index < -0.39 is 5.60 Å². The lowest BCUT2D eigenvalue weighted by molar-refractivity contribution is 0.0145. The number of carbonyl (C=O) groups excluding carboxylic acids is 1. The average molecular weight is 256 g/mol. The molecule has 0 unspecified atom stereocenters. The first kappa shape index (κ1) is 15.3. The van der Waals surface area contributed by atoms with Gasteiger partial charge in [-0.2, -0.15) is 0 Å². The van der Waals surface area contributed by atoms with Gasteiger partial charge in [-0.15, -0.1) is 0 Å². The molecule has 106 valence electrons. The minimum Gasteiger partial charge on any atom is -0.444 e. The smallest absolute Gasteiger partial charge is 0.410 e. The van der Waals surface area contributed by atoms with Gasteiger partial charge in [0.1, 0.15) is 5.60 Å². The first-order valence-electron chi connectivity index (χ1n) is 7.02. The molecule has 0 aromatic heterocycles. The van der Waals surface area contributed by atoms with Crippen molar-refractivity contribution in [2.24, 2.45) is 5.92 Å². The van der Waals surface area contributed by atoms with E-state index in [1.807, 2.05) is 32.7 Å². The number of rotatable bonds is 3. The Morgan fingerprint density at radius 1 is 1.50 bits per heavy atom. The van der Waals surface area contributed by atoms with Gasteiger partial charge in [0.15, 0.2) is 0 Å². The molecule has 1 aliphatic heterocycles. The number of likely N-dealkylation sites (tertiary alicyclic amines) is 1. The lowest BCUT2D eigenvalue weighted by Crippen LogP contribution is -2.48. The van der Waals surface area contributed by atoms with Gasteiger partial charge >= 0.3 is 6.09 Å². The van der Waals surface area contributed by atoms with Crippen molar-refractivity contribution in [2.75, 3.05) is 20.1 Å². The van der Waals surface area contributed by atoms with Gasteiger partial charge in [0.25, 0.3) is 0 Å². The summed E-state index contributed by atoms with van der Waals surface area (Å²) < 4.78 is 5.44. The summed E-state index contributed by atoms with van der Waals surface area (Å²) in [6, 6.07) is 0.496. The third-order valence-electron chi connectivity index (χ3n) is 3.49. The van der Waals surface area contributed by atoms with E-state index in [-0.39, 0.29) is 6.09 Å². The summed E-state index contributed by atoms with van der Waals surface area (Å²) in [5.41, 5.74) is -0.406. The van der Waals surface area contributed by atoms with Crippen molar-refractivity contribution >= 4 is 6.09 Å². The largest absolute Gasteiger partial charge is 0.444 e. The fourth-order valence-electron chi connectivity index (χ4n) is 2.60. The highest BCUT2D eigenvalue weighted by molar-refractivity contribution is 5.68. The van der Waals surface area contributed by atoms with Crippen LogP contribution in [0.1, 0.15) is 47.0 Å². The van der Waals surface area contributed by atoms with Gasteiger partial charge in [0.2, 0.25) is 0 Å². The molecule has 18 heavy (non-hydrogen) atoms. The second-order valence-corrected chi connectivity index (χ2v) is 6.13. The van der Waals surface area contributed by atoms with Crippen LogP contribution in [-0.4, -0.2) is 42.8 Å². The molecule has 1 aliphatic rings. The summed E-state index contributed by atoms with van der Waals surface area (Å²) in [6.07, 6.45) is 3.20. The molecule has 0 spiro atoms. The highest BCUT2D eigenvalue weighted by Crippen LogP contribution is 2.23. The standard InChI is InChI=1S/C14H28N2O2/c1-6-12(15-5)11-8-7-9-16(10-11)13(17)18-14(2,3)4/h11-12,15H,6-10H2,1-5H3/t11-,12-/m1/s1. The second kappa shape index (κ2) is 6.41. The molecule has 1 saturated heterocycles. The Balaban J connectivity index is 2.55. The third kappa shape index (κ3) is 4.48. The zero-order valence-electron chi connectivity index (χ0n) is 12.5. The summed E-state index contributed by atoms with van der Waals surface area (Å²) in [4.78, 5) is 13.9. The monoisotopic (exact) mass is 256 g/mol. The lowest BCUT2D eigenvalue weighted by Gasteiger charge is -2.37. The Morgan fingerprint density at radius 2 is 2.17 bits per heavy atom. The minimum atomic E-state index is -0.406. The highest BCUT2D eigenvalue weighted by atomic mass is 16.6. The van der Waals surface area contributed by atoms with Crippen LogP contribution < -0.4 is 5.32 Å². The molecule has 2 atom stereocenters. The molecule has 1 fully saturated rings. The van der Waals surface area contributed by atoms with E-state index in [4.69, 9.17) is 4.74 Å². The van der Waals surface area contributed by atoms with E-state index in [0.29, 0.717) is 12.0 Å². The molecule has 0 aliphatic carbocycles. The van der Waals surface area contributed by atoms with Gasteiger partial charge in [-0.05, 0) is 53.0 Å². The van der Waals surface area contributed by atoms with Crippen molar-refractivity contribution < 1.29 is 9.53 Å². The number of carbonyl (C=O) groups is 1. The summed E-state index contributed by atoms with van der Waals surface area (Å²) in [5, 5.41) is 3.35. The Morgan fingerprint density at radius 3 is 2.67 bits per heavy atom. The van der Waals surface area contributed by atoms with E-state index in [2.05, 4.69) is 12.2 Å². The summed E-state index contributed by atoms with van der Waals surface area (Å²) in [6.45, 7) is 9.56. The second-order valence-electron chi connectivity index (χ2n) is 6.13. The third-order valence-corrected chi connectivity index (χ3v) is 3.49. The Labute approximate surface area is 111 Å². The van der Waals surface area contributed by atoms with Crippen LogP contribution in [0.25, 0.3) is 0 Å². The van der Waals surface area contributed by atoms with Crippen molar-refractivity contribution in [1.29, 1.82) is 0 Å². The molecule has 1 amide bonds. The number of ether oxygens (including phenoxy) is 1. The average Bonchev–Trinajstić information content (AvgIpc) is 2.29. The zero-order valence-corrected chi connectivity index (χ0v) is 12.5. The van der Waals surface area contributed by atoms with E-state index in [9.17, 15) is 4.79 Å². The molecule has 4 heteroatoms. The molecule has 4 nitrogen and oxygen atoms in total. The van der Waals surface area contributed by atoms with Gasteiger partial charge < -0.3 is 15.0 Å². The van der Waals surface area contributed by atoms with Crippen molar-refractivity contribution in [2.45, 2.75) is 58.6 Å². The van der Waals surface area contributed by atoms with Gasteiger partial charge in [0.05, 0.1) is 0 Å². The Bertz CT molecular complexity index is 269. The quantitative estimate of drug-likeness (QED) is 0.844. The van der Waals surface area contributed by atoms with Gasteiger partial charge in [-0.25, -0.2) is 4.79 Å². The summed E-state index contributed by atoms with van der Waals surface area (Å²) in [5.74, 6) is 0.543. The van der Waals surface area contributed by atoms with Crippen LogP contribution in [0, 0.1) is 5.92 Å². The van der Waals surface area contributed by atoms with Crippen LogP contribution in [0.3, 0.4) is 0 Å². The summed E-state index contributed by atoms with van der Waals surface area (Å²) >= 11 is 0. The van der Waals surface area contributed by atoms with Crippen LogP contribution in [-0.2, 0) is 4.74 Å². The van der Waals surface area contributed by atoms with Gasteiger partial charge in [-0.3, -0.25) is 0 Å². The minimum absolute atomic E-state index is 0.168. The van der Waals surface area contributed by atoms with Crippen molar-refractivity contribution in [1.82, 2.24) is 10.2 Å². The zero-order chi connectivity index (χ0) is 13.8. The molecule has 1 N–H and O–H groups in total. The van der Waals surface area contributed by atoms with Crippen LogP contribution >= 0.6 is 0 Å². The lowest BCUT2D eigenvalue weighted by atomic mass is 9.89. The van der Waals surface area contributed by atoms with Crippen LogP contribution in [0.2, 0.25) is 0 Å². The molecule has 0 aromatic rings. The molecule has 0 bridgehead atoms. The number of nitrogens with zero attached hydrogens (tertiary/aromatic N) is 1. The number of hydrogen-bond donors (Lipinski definition) is 1. The van der Waals surface area contributed by atoms with E-state index >= 15 is 0 Å². The van der Waals surface area contributed by atoms with Crippen LogP contribution in [0.15, 0.2) is 0 Å². The molecule has 1 rings (SSSR count). The number of amides is 1. The van der Waals surface area contributed by atoms with E-state index in [1.54, 1.807) is 0 Å². The first-order chi connectivity index (χ1) is 8.37.